The molecule has 0 aromatic heterocycles. The Morgan fingerprint density at radius 2 is 1.80 bits per heavy atom. The number of hydrogen-bond acceptors (Lipinski definition) is 7. The summed E-state index contributed by atoms with van der Waals surface area (Å²) in [4.78, 5) is 57.1. The molecule has 3 aliphatic rings. The van der Waals surface area contributed by atoms with Gasteiger partial charge in [-0.15, -0.1) is 0 Å². The maximum absolute atomic E-state index is 14.5. The summed E-state index contributed by atoms with van der Waals surface area (Å²) < 4.78 is 17.9. The average molecular weight is 668 g/mol. The van der Waals surface area contributed by atoms with Crippen LogP contribution in [0.2, 0.25) is 0 Å². The molecule has 3 heterocycles. The molecule has 1 N–H and O–H groups in total. The molecular weight excluding hydrogens is 622 g/mol. The summed E-state index contributed by atoms with van der Waals surface area (Å²) >= 11 is 0. The highest BCUT2D eigenvalue weighted by molar-refractivity contribution is 5.93. The zero-order valence-electron chi connectivity index (χ0n) is 28.3. The van der Waals surface area contributed by atoms with Crippen LogP contribution in [0.25, 0.3) is 10.8 Å². The second kappa shape index (κ2) is 15.3. The second-order valence-corrected chi connectivity index (χ2v) is 13.2. The van der Waals surface area contributed by atoms with Gasteiger partial charge in [0, 0.05) is 44.1 Å². The summed E-state index contributed by atoms with van der Waals surface area (Å²) in [6, 6.07) is 23.8. The van der Waals surface area contributed by atoms with Gasteiger partial charge in [0.25, 0.3) is 0 Å². The number of amides is 3. The van der Waals surface area contributed by atoms with E-state index in [1.807, 2.05) is 90.7 Å². The van der Waals surface area contributed by atoms with Crippen molar-refractivity contribution in [2.45, 2.75) is 64.4 Å². The van der Waals surface area contributed by atoms with E-state index >= 15 is 0 Å². The first-order valence-electron chi connectivity index (χ1n) is 17.2. The highest BCUT2D eigenvalue weighted by atomic mass is 16.5. The number of esters is 1. The number of fused-ring (bicyclic) bond motifs is 2. The van der Waals surface area contributed by atoms with Crippen molar-refractivity contribution in [3.05, 3.63) is 95.7 Å². The van der Waals surface area contributed by atoms with Crippen molar-refractivity contribution in [3.63, 3.8) is 0 Å². The van der Waals surface area contributed by atoms with Crippen LogP contribution in [0.5, 0.6) is 0 Å². The van der Waals surface area contributed by atoms with Crippen LogP contribution in [-0.4, -0.2) is 79.0 Å². The number of carbonyl (C=O) groups excluding carboxylic acids is 4. The van der Waals surface area contributed by atoms with E-state index in [2.05, 4.69) is 5.32 Å². The number of nitrogens with one attached hydrogen (secondary N) is 1. The summed E-state index contributed by atoms with van der Waals surface area (Å²) in [5.41, 5.74) is 1.16. The van der Waals surface area contributed by atoms with Crippen LogP contribution in [0.4, 0.5) is 0 Å². The molecule has 49 heavy (non-hydrogen) atoms. The van der Waals surface area contributed by atoms with Gasteiger partial charge in [-0.25, -0.2) is 0 Å². The lowest BCUT2D eigenvalue weighted by atomic mass is 9.66. The fourth-order valence-electron chi connectivity index (χ4n) is 7.52. The molecule has 3 aromatic carbocycles. The van der Waals surface area contributed by atoms with Crippen molar-refractivity contribution in [1.29, 1.82) is 0 Å². The number of hydrogen-bond donors (Lipinski definition) is 1. The van der Waals surface area contributed by atoms with Crippen molar-refractivity contribution < 1.29 is 33.4 Å². The van der Waals surface area contributed by atoms with E-state index in [0.717, 1.165) is 34.9 Å². The van der Waals surface area contributed by atoms with Gasteiger partial charge >= 0.3 is 5.97 Å². The van der Waals surface area contributed by atoms with Crippen molar-refractivity contribution in [2.75, 3.05) is 33.4 Å². The molecule has 3 aliphatic heterocycles. The molecule has 2 saturated heterocycles. The molecule has 2 fully saturated rings. The zero-order valence-corrected chi connectivity index (χ0v) is 28.3. The lowest BCUT2D eigenvalue weighted by Crippen LogP contribution is -2.60. The number of piperidine rings is 1. The van der Waals surface area contributed by atoms with Crippen molar-refractivity contribution >= 4 is 34.5 Å². The maximum atomic E-state index is 14.5. The summed E-state index contributed by atoms with van der Waals surface area (Å²) in [5.74, 6) is -1.65. The summed E-state index contributed by atoms with van der Waals surface area (Å²) in [6.07, 6.45) is 2.70. The highest BCUT2D eigenvalue weighted by Crippen LogP contribution is 2.51. The summed E-state index contributed by atoms with van der Waals surface area (Å²) in [6.45, 7) is 4.39. The Balaban J connectivity index is 1.27. The number of likely N-dealkylation sites (tertiary alicyclic amines) is 2. The molecule has 0 aliphatic carbocycles. The molecule has 0 spiro atoms. The molecule has 3 amide bonds. The summed E-state index contributed by atoms with van der Waals surface area (Å²) in [5, 5.41) is 4.97. The fraction of sp³-hybridized carbons (Fsp3) is 0.436. The fourth-order valence-corrected chi connectivity index (χ4v) is 7.52. The minimum absolute atomic E-state index is 0.0742. The van der Waals surface area contributed by atoms with Crippen LogP contribution < -0.4 is 5.32 Å². The molecule has 0 bridgehead atoms. The molecule has 0 saturated carbocycles. The van der Waals surface area contributed by atoms with Crippen molar-refractivity contribution in [2.24, 2.45) is 11.3 Å². The molecule has 6 rings (SSSR count). The van der Waals surface area contributed by atoms with Crippen LogP contribution in [0, 0.1) is 11.3 Å². The van der Waals surface area contributed by atoms with Crippen LogP contribution in [-0.2, 0) is 46.5 Å². The van der Waals surface area contributed by atoms with Gasteiger partial charge < -0.3 is 29.3 Å². The smallest absolute Gasteiger partial charge is 0.320 e. The van der Waals surface area contributed by atoms with Gasteiger partial charge in [-0.05, 0) is 54.2 Å². The summed E-state index contributed by atoms with van der Waals surface area (Å²) in [7, 11) is 1.34. The van der Waals surface area contributed by atoms with E-state index in [4.69, 9.17) is 14.2 Å². The van der Waals surface area contributed by atoms with E-state index < -0.39 is 29.5 Å². The Kier molecular flexibility index (Phi) is 10.7. The number of rotatable bonds is 13. The van der Waals surface area contributed by atoms with Crippen LogP contribution in [0.15, 0.2) is 84.6 Å². The van der Waals surface area contributed by atoms with Gasteiger partial charge in [-0.2, -0.15) is 0 Å². The lowest BCUT2D eigenvalue weighted by molar-refractivity contribution is -0.178. The maximum Gasteiger partial charge on any atom is 0.320 e. The number of nitrogens with zero attached hydrogens (tertiary/aromatic N) is 2. The molecule has 258 valence electrons. The number of ether oxygens (including phenoxy) is 3. The lowest BCUT2D eigenvalue weighted by Gasteiger charge is -2.51. The third-order valence-corrected chi connectivity index (χ3v) is 10.0. The average Bonchev–Trinajstić information content (AvgIpc) is 3.53. The Labute approximate surface area is 287 Å². The third kappa shape index (κ3) is 7.40. The number of benzene rings is 3. The third-order valence-electron chi connectivity index (χ3n) is 10.0. The standard InChI is InChI=1S/C39H45N3O7/c1-27-39(38(46)47-2)23-31(21-35(43)40-18-10-20-41-19-9-17-36(41)44)37(45)42(24-30-15-8-14-29-13-6-7-16-33(29)30)34(39)22-32(49-27)26-48-25-28-11-4-3-5-12-28/h3-8,11-16,22,27,31-32H,9-10,17-21,23-26H2,1-2H3,(H,40,43)/t27-,31+,32-,39+/m1/s1. The molecule has 0 radical (unpaired) electrons. The van der Waals surface area contributed by atoms with Crippen LogP contribution in [0.1, 0.15) is 50.2 Å². The van der Waals surface area contributed by atoms with Crippen molar-refractivity contribution in [1.82, 2.24) is 15.1 Å². The Hall–Kier alpha value is -4.54. The van der Waals surface area contributed by atoms with Crippen molar-refractivity contribution in [3.8, 4) is 0 Å². The van der Waals surface area contributed by atoms with E-state index in [-0.39, 0.29) is 43.7 Å². The van der Waals surface area contributed by atoms with Gasteiger partial charge in [-0.1, -0.05) is 72.8 Å². The molecule has 0 unspecified atom stereocenters. The van der Waals surface area contributed by atoms with Gasteiger partial charge in [0.05, 0.1) is 33.0 Å². The molecule has 4 atom stereocenters. The molecule has 10 nitrogen and oxygen atoms in total. The molecular formula is C39H45N3O7. The SMILES string of the molecule is COC(=O)[C@]12C[C@H](CC(=O)NCCCN3CCCC3=O)C(=O)N(Cc3cccc4ccccc34)C1=C[C@H](COCc1ccccc1)O[C@@H]2C. The van der Waals surface area contributed by atoms with Crippen LogP contribution >= 0.6 is 0 Å². The Morgan fingerprint density at radius 3 is 2.57 bits per heavy atom. The van der Waals surface area contributed by atoms with E-state index in [1.165, 1.54) is 7.11 Å². The first-order chi connectivity index (χ1) is 23.8. The minimum Gasteiger partial charge on any atom is -0.468 e. The second-order valence-electron chi connectivity index (χ2n) is 13.2. The van der Waals surface area contributed by atoms with E-state index in [0.29, 0.717) is 38.2 Å². The predicted octanol–water partition coefficient (Wildman–Crippen LogP) is 4.75. The Morgan fingerprint density at radius 1 is 1.02 bits per heavy atom. The van der Waals surface area contributed by atoms with Gasteiger partial charge in [0.2, 0.25) is 17.7 Å². The topological polar surface area (TPSA) is 114 Å². The molecule has 10 heteroatoms. The van der Waals surface area contributed by atoms with E-state index in [9.17, 15) is 19.2 Å². The first kappa shape index (κ1) is 34.3. The van der Waals surface area contributed by atoms with E-state index in [1.54, 1.807) is 4.90 Å². The predicted molar refractivity (Wildman–Crippen MR) is 184 cm³/mol. The quantitative estimate of drug-likeness (QED) is 0.207. The Bertz CT molecular complexity index is 1700. The van der Waals surface area contributed by atoms with Gasteiger partial charge in [0.15, 0.2) is 0 Å². The first-order valence-corrected chi connectivity index (χ1v) is 17.2. The van der Waals surface area contributed by atoms with Gasteiger partial charge in [-0.3, -0.25) is 19.2 Å². The number of carbonyl (C=O) groups is 4. The van der Waals surface area contributed by atoms with Gasteiger partial charge in [0.1, 0.15) is 11.5 Å². The monoisotopic (exact) mass is 667 g/mol. The number of methoxy groups -OCH3 is 1. The van der Waals surface area contributed by atoms with Crippen LogP contribution in [0.3, 0.4) is 0 Å². The highest BCUT2D eigenvalue weighted by Gasteiger charge is 2.59. The normalized spacial score (nSPS) is 23.7. The zero-order chi connectivity index (χ0) is 34.4. The molecule has 3 aromatic rings. The minimum atomic E-state index is -1.32. The largest absolute Gasteiger partial charge is 0.468 e.